The number of nitrogens with zero attached hydrogens (tertiary/aromatic N) is 3. The molecule has 0 bridgehead atoms. The van der Waals surface area contributed by atoms with E-state index in [0.717, 1.165) is 5.69 Å². The third-order valence-electron chi connectivity index (χ3n) is 4.74. The molecule has 1 aliphatic rings. The Hall–Kier alpha value is -2.48. The summed E-state index contributed by atoms with van der Waals surface area (Å²) in [6.07, 6.45) is 1.97. The third kappa shape index (κ3) is 3.73. The van der Waals surface area contributed by atoms with Gasteiger partial charge < -0.3 is 15.0 Å². The summed E-state index contributed by atoms with van der Waals surface area (Å²) in [5, 5.41) is 4.20. The molecule has 2 N–H and O–H groups in total. The number of nitrogens with two attached hydrogens (primary N) is 1. The van der Waals surface area contributed by atoms with Crippen molar-refractivity contribution in [3.8, 4) is 5.75 Å². The van der Waals surface area contributed by atoms with E-state index in [1.54, 1.807) is 34.8 Å². The first-order chi connectivity index (χ1) is 13.6. The van der Waals surface area contributed by atoms with Gasteiger partial charge in [0.05, 0.1) is 12.3 Å². The Bertz CT molecular complexity index is 986. The number of benzene rings is 1. The molecular weight excluding hydrogens is 386 g/mol. The molecule has 148 valence electrons. The van der Waals surface area contributed by atoms with E-state index in [1.165, 1.54) is 6.33 Å². The molecular formula is C18H20FN4O4P. The number of para-hydroxylation sites is 1. The van der Waals surface area contributed by atoms with E-state index in [0.29, 0.717) is 29.9 Å². The molecule has 0 spiro atoms. The summed E-state index contributed by atoms with van der Waals surface area (Å²) in [5.74, 6) is 0.791. The van der Waals surface area contributed by atoms with Gasteiger partial charge in [-0.3, -0.25) is 4.52 Å². The summed E-state index contributed by atoms with van der Waals surface area (Å²) in [5.41, 5.74) is 6.10. The Morgan fingerprint density at radius 2 is 2.14 bits per heavy atom. The number of nitrogen functional groups attached to an aromatic ring is 1. The standard InChI is InChI=1S/C18H20FN4O4P/c19-10-18(11-25-28(24)27-13-4-2-1-3-5-13)9-8-16(26-18)14-6-7-15-17(20)21-12-22-23(14)15/h1-7,12,16,28H,8-11H2,(H2,20,21,22)/t16-,18-/m1/s1. The van der Waals surface area contributed by atoms with Crippen molar-refractivity contribution in [1.29, 1.82) is 0 Å². The molecule has 10 heteroatoms. The first-order valence-corrected chi connectivity index (χ1v) is 10.0. The van der Waals surface area contributed by atoms with Gasteiger partial charge in [0.15, 0.2) is 5.82 Å². The second-order valence-electron chi connectivity index (χ2n) is 6.62. The lowest BCUT2D eigenvalue weighted by atomic mass is 10.0. The molecule has 28 heavy (non-hydrogen) atoms. The van der Waals surface area contributed by atoms with Crippen LogP contribution in [0.2, 0.25) is 0 Å². The minimum Gasteiger partial charge on any atom is -0.426 e. The quantitative estimate of drug-likeness (QED) is 0.601. The average molecular weight is 406 g/mol. The fourth-order valence-corrected chi connectivity index (χ4v) is 4.06. The van der Waals surface area contributed by atoms with Crippen LogP contribution in [0.5, 0.6) is 5.75 Å². The van der Waals surface area contributed by atoms with Gasteiger partial charge in [-0.15, -0.1) is 0 Å². The second kappa shape index (κ2) is 7.87. The van der Waals surface area contributed by atoms with Gasteiger partial charge in [-0.25, -0.2) is 18.5 Å². The smallest absolute Gasteiger partial charge is 0.367 e. The highest BCUT2D eigenvalue weighted by atomic mass is 31.1. The van der Waals surface area contributed by atoms with Crippen LogP contribution in [0, 0.1) is 0 Å². The largest absolute Gasteiger partial charge is 0.426 e. The highest BCUT2D eigenvalue weighted by Crippen LogP contribution is 2.42. The molecule has 3 aromatic rings. The summed E-state index contributed by atoms with van der Waals surface area (Å²) in [6.45, 7) is -0.921. The van der Waals surface area contributed by atoms with E-state index < -0.39 is 20.5 Å². The predicted octanol–water partition coefficient (Wildman–Crippen LogP) is 3.36. The summed E-state index contributed by atoms with van der Waals surface area (Å²) < 4.78 is 44.1. The normalized spacial score (nSPS) is 23.1. The summed E-state index contributed by atoms with van der Waals surface area (Å²) in [7, 11) is -2.83. The Kier molecular flexibility index (Phi) is 5.30. The molecule has 0 radical (unpaired) electrons. The molecule has 0 aliphatic carbocycles. The highest BCUT2D eigenvalue weighted by molar-refractivity contribution is 7.33. The second-order valence-corrected chi connectivity index (χ2v) is 7.61. The maximum absolute atomic E-state index is 13.8. The van der Waals surface area contributed by atoms with Crippen molar-refractivity contribution in [3.05, 3.63) is 54.5 Å². The van der Waals surface area contributed by atoms with E-state index in [9.17, 15) is 8.96 Å². The number of alkyl halides is 1. The molecule has 3 heterocycles. The fourth-order valence-electron chi connectivity index (χ4n) is 3.29. The molecule has 4 rings (SSSR count). The highest BCUT2D eigenvalue weighted by Gasteiger charge is 2.43. The van der Waals surface area contributed by atoms with Gasteiger partial charge in [0.1, 0.15) is 36.0 Å². The molecule has 8 nitrogen and oxygen atoms in total. The summed E-state index contributed by atoms with van der Waals surface area (Å²) in [4.78, 5) is 3.96. The molecule has 1 aromatic carbocycles. The van der Waals surface area contributed by atoms with Crippen LogP contribution >= 0.6 is 8.25 Å². The lowest BCUT2D eigenvalue weighted by molar-refractivity contribution is -0.0822. The van der Waals surface area contributed by atoms with Gasteiger partial charge in [0.25, 0.3) is 0 Å². The van der Waals surface area contributed by atoms with Gasteiger partial charge in [0, 0.05) is 0 Å². The molecule has 1 fully saturated rings. The minimum absolute atomic E-state index is 0.162. The van der Waals surface area contributed by atoms with E-state index in [-0.39, 0.29) is 12.7 Å². The monoisotopic (exact) mass is 406 g/mol. The van der Waals surface area contributed by atoms with Gasteiger partial charge in [-0.1, -0.05) is 18.2 Å². The zero-order chi connectivity index (χ0) is 19.6. The fraction of sp³-hybridized carbons (Fsp3) is 0.333. The van der Waals surface area contributed by atoms with Crippen LogP contribution in [0.3, 0.4) is 0 Å². The minimum atomic E-state index is -2.83. The maximum atomic E-state index is 13.8. The van der Waals surface area contributed by atoms with Crippen molar-refractivity contribution in [1.82, 2.24) is 14.6 Å². The molecule has 1 saturated heterocycles. The molecule has 3 atom stereocenters. The van der Waals surface area contributed by atoms with Crippen LogP contribution in [0.15, 0.2) is 48.8 Å². The number of ether oxygens (including phenoxy) is 1. The van der Waals surface area contributed by atoms with Crippen molar-refractivity contribution < 1.29 is 22.7 Å². The van der Waals surface area contributed by atoms with Crippen LogP contribution in [-0.2, 0) is 13.8 Å². The first kappa shape index (κ1) is 18.9. The number of rotatable bonds is 7. The SMILES string of the molecule is Nc1ncnn2c([C@H]3CC[C@@](CF)(CO[PH](=O)Oc4ccccc4)O3)ccc12. The van der Waals surface area contributed by atoms with Crippen molar-refractivity contribution >= 4 is 19.6 Å². The van der Waals surface area contributed by atoms with Crippen molar-refractivity contribution in [2.45, 2.75) is 24.5 Å². The number of aromatic nitrogens is 3. The van der Waals surface area contributed by atoms with E-state index in [4.69, 9.17) is 19.5 Å². The van der Waals surface area contributed by atoms with E-state index >= 15 is 0 Å². The van der Waals surface area contributed by atoms with Gasteiger partial charge >= 0.3 is 8.25 Å². The Morgan fingerprint density at radius 3 is 2.93 bits per heavy atom. The lowest BCUT2D eigenvalue weighted by Crippen LogP contribution is -2.36. The van der Waals surface area contributed by atoms with Crippen molar-refractivity contribution in [2.24, 2.45) is 0 Å². The molecule has 0 amide bonds. The number of hydrogen-bond donors (Lipinski definition) is 1. The zero-order valence-electron chi connectivity index (χ0n) is 15.0. The molecule has 1 unspecified atom stereocenters. The summed E-state index contributed by atoms with van der Waals surface area (Å²) >= 11 is 0. The van der Waals surface area contributed by atoms with Gasteiger partial charge in [-0.05, 0) is 37.1 Å². The van der Waals surface area contributed by atoms with E-state index in [2.05, 4.69) is 10.1 Å². The van der Waals surface area contributed by atoms with Crippen LogP contribution in [0.25, 0.3) is 5.52 Å². The van der Waals surface area contributed by atoms with Crippen LogP contribution in [0.1, 0.15) is 24.6 Å². The summed E-state index contributed by atoms with van der Waals surface area (Å²) in [6, 6.07) is 12.3. The lowest BCUT2D eigenvalue weighted by Gasteiger charge is -2.25. The number of hydrogen-bond acceptors (Lipinski definition) is 7. The number of anilines is 1. The predicted molar refractivity (Wildman–Crippen MR) is 101 cm³/mol. The Labute approximate surface area is 161 Å². The first-order valence-electron chi connectivity index (χ1n) is 8.82. The van der Waals surface area contributed by atoms with Crippen LogP contribution in [-0.4, -0.2) is 33.5 Å². The van der Waals surface area contributed by atoms with Crippen LogP contribution in [0.4, 0.5) is 10.2 Å². The van der Waals surface area contributed by atoms with Crippen LogP contribution < -0.4 is 10.3 Å². The third-order valence-corrected chi connectivity index (χ3v) is 5.52. The number of fused-ring (bicyclic) bond motifs is 1. The molecule has 1 aliphatic heterocycles. The average Bonchev–Trinajstić information content (AvgIpc) is 3.33. The van der Waals surface area contributed by atoms with E-state index in [1.807, 2.05) is 12.1 Å². The molecule has 0 saturated carbocycles. The Balaban J connectivity index is 1.42. The maximum Gasteiger partial charge on any atom is 0.367 e. The zero-order valence-corrected chi connectivity index (χ0v) is 16.0. The Morgan fingerprint density at radius 1 is 1.32 bits per heavy atom. The number of halogens is 1. The molecule has 2 aromatic heterocycles. The topological polar surface area (TPSA) is 101 Å². The van der Waals surface area contributed by atoms with Crippen molar-refractivity contribution in [3.63, 3.8) is 0 Å². The van der Waals surface area contributed by atoms with Crippen molar-refractivity contribution in [2.75, 3.05) is 19.0 Å². The van der Waals surface area contributed by atoms with Gasteiger partial charge in [0.2, 0.25) is 0 Å². The van der Waals surface area contributed by atoms with Gasteiger partial charge in [-0.2, -0.15) is 5.10 Å².